The van der Waals surface area contributed by atoms with E-state index >= 15 is 0 Å². The third-order valence-corrected chi connectivity index (χ3v) is 5.55. The molecule has 1 aromatic rings. The van der Waals surface area contributed by atoms with Crippen LogP contribution in [0.1, 0.15) is 44.7 Å². The number of nitrogens with zero attached hydrogens (tertiary/aromatic N) is 2. The molecule has 0 unspecified atom stereocenters. The van der Waals surface area contributed by atoms with E-state index in [0.29, 0.717) is 30.2 Å². The fourth-order valence-electron chi connectivity index (χ4n) is 4.52. The van der Waals surface area contributed by atoms with E-state index in [4.69, 9.17) is 0 Å². The summed E-state index contributed by atoms with van der Waals surface area (Å²) in [6.07, 6.45) is 2.04. The van der Waals surface area contributed by atoms with Gasteiger partial charge in [0.05, 0.1) is 12.0 Å². The number of hydrogen-bond acceptors (Lipinski definition) is 2. The molecule has 25 heavy (non-hydrogen) atoms. The number of carbonyl (C=O) groups excluding carboxylic acids is 2. The molecule has 4 nitrogen and oxygen atoms in total. The maximum absolute atomic E-state index is 13.7. The lowest BCUT2D eigenvalue weighted by Gasteiger charge is -2.43. The van der Waals surface area contributed by atoms with Crippen LogP contribution < -0.4 is 0 Å². The molecule has 0 saturated carbocycles. The van der Waals surface area contributed by atoms with Gasteiger partial charge < -0.3 is 9.80 Å². The molecule has 4 atom stereocenters. The highest BCUT2D eigenvalue weighted by atomic mass is 19.1. The number of halogens is 1. The summed E-state index contributed by atoms with van der Waals surface area (Å²) in [4.78, 5) is 29.1. The van der Waals surface area contributed by atoms with Gasteiger partial charge >= 0.3 is 0 Å². The lowest BCUT2D eigenvalue weighted by atomic mass is 9.82. The van der Waals surface area contributed by atoms with E-state index in [9.17, 15) is 14.0 Å². The molecule has 136 valence electrons. The first-order chi connectivity index (χ1) is 11.9. The maximum atomic E-state index is 13.7. The molecule has 2 aliphatic heterocycles. The molecular formula is C20H27FN2O2. The van der Waals surface area contributed by atoms with Gasteiger partial charge in [-0.3, -0.25) is 9.59 Å². The number of hydrogen-bond donors (Lipinski definition) is 0. The van der Waals surface area contributed by atoms with E-state index in [-0.39, 0.29) is 23.5 Å². The number of benzene rings is 1. The van der Waals surface area contributed by atoms with Gasteiger partial charge in [0, 0.05) is 26.6 Å². The molecule has 0 spiro atoms. The van der Waals surface area contributed by atoms with Crippen molar-refractivity contribution in [2.75, 3.05) is 20.1 Å². The Morgan fingerprint density at radius 3 is 2.52 bits per heavy atom. The van der Waals surface area contributed by atoms with Crippen molar-refractivity contribution >= 4 is 11.8 Å². The molecule has 0 bridgehead atoms. The summed E-state index contributed by atoms with van der Waals surface area (Å²) in [6.45, 7) is 5.90. The Morgan fingerprint density at radius 1 is 1.20 bits per heavy atom. The zero-order valence-electron chi connectivity index (χ0n) is 15.2. The minimum Gasteiger partial charge on any atom is -0.342 e. The average Bonchev–Trinajstić information content (AvgIpc) is 2.55. The molecule has 2 amide bonds. The third-order valence-electron chi connectivity index (χ3n) is 5.55. The first-order valence-corrected chi connectivity index (χ1v) is 9.16. The van der Waals surface area contributed by atoms with Crippen LogP contribution in [0.25, 0.3) is 0 Å². The van der Waals surface area contributed by atoms with E-state index in [2.05, 4.69) is 13.8 Å². The molecule has 1 aromatic carbocycles. The van der Waals surface area contributed by atoms with Gasteiger partial charge in [-0.05, 0) is 42.4 Å². The molecule has 2 fully saturated rings. The fraction of sp³-hybridized carbons (Fsp3) is 0.600. The normalized spacial score (nSPS) is 30.5. The van der Waals surface area contributed by atoms with Crippen molar-refractivity contribution in [3.05, 3.63) is 35.6 Å². The van der Waals surface area contributed by atoms with Gasteiger partial charge in [-0.25, -0.2) is 4.39 Å². The van der Waals surface area contributed by atoms with E-state index in [1.807, 2.05) is 11.0 Å². The second kappa shape index (κ2) is 7.14. The van der Waals surface area contributed by atoms with Crippen molar-refractivity contribution in [1.82, 2.24) is 9.80 Å². The van der Waals surface area contributed by atoms with Crippen LogP contribution in [0.2, 0.25) is 0 Å². The van der Waals surface area contributed by atoms with Crippen LogP contribution in [0.3, 0.4) is 0 Å². The van der Waals surface area contributed by atoms with E-state index in [1.165, 1.54) is 12.1 Å². The van der Waals surface area contributed by atoms with Crippen molar-refractivity contribution in [1.29, 1.82) is 0 Å². The molecule has 0 radical (unpaired) electrons. The van der Waals surface area contributed by atoms with Crippen LogP contribution in [0.15, 0.2) is 24.3 Å². The zero-order valence-corrected chi connectivity index (χ0v) is 15.2. The van der Waals surface area contributed by atoms with Crippen molar-refractivity contribution in [3.8, 4) is 0 Å². The highest BCUT2D eigenvalue weighted by Crippen LogP contribution is 2.38. The first kappa shape index (κ1) is 17.9. The second-order valence-corrected chi connectivity index (χ2v) is 7.84. The molecule has 2 heterocycles. The van der Waals surface area contributed by atoms with Crippen LogP contribution in [0, 0.1) is 23.6 Å². The summed E-state index contributed by atoms with van der Waals surface area (Å²) in [6, 6.07) is 5.90. The number of carbonyl (C=O) groups is 2. The lowest BCUT2D eigenvalue weighted by molar-refractivity contribution is -0.148. The molecule has 3 rings (SSSR count). The topological polar surface area (TPSA) is 40.6 Å². The van der Waals surface area contributed by atoms with Gasteiger partial charge in [-0.15, -0.1) is 0 Å². The van der Waals surface area contributed by atoms with Crippen molar-refractivity contribution in [2.45, 2.75) is 39.2 Å². The van der Waals surface area contributed by atoms with Gasteiger partial charge in [0.15, 0.2) is 0 Å². The van der Waals surface area contributed by atoms with Gasteiger partial charge in [-0.1, -0.05) is 26.0 Å². The Morgan fingerprint density at radius 2 is 1.88 bits per heavy atom. The summed E-state index contributed by atoms with van der Waals surface area (Å²) >= 11 is 0. The molecular weight excluding hydrogens is 319 g/mol. The summed E-state index contributed by atoms with van der Waals surface area (Å²) in [5.41, 5.74) is 0.701. The van der Waals surface area contributed by atoms with Crippen LogP contribution in [0.4, 0.5) is 4.39 Å². The summed E-state index contributed by atoms with van der Waals surface area (Å²) in [7, 11) is 1.72. The highest BCUT2D eigenvalue weighted by Gasteiger charge is 2.41. The first-order valence-electron chi connectivity index (χ1n) is 9.16. The lowest BCUT2D eigenvalue weighted by Crippen LogP contribution is -2.50. The third kappa shape index (κ3) is 3.70. The van der Waals surface area contributed by atoms with Gasteiger partial charge in [0.2, 0.25) is 11.8 Å². The Labute approximate surface area is 149 Å². The predicted octanol–water partition coefficient (Wildman–Crippen LogP) is 3.24. The van der Waals surface area contributed by atoms with Crippen LogP contribution in [0.5, 0.6) is 0 Å². The Kier molecular flexibility index (Phi) is 5.11. The highest BCUT2D eigenvalue weighted by molar-refractivity contribution is 5.85. The molecule has 2 saturated heterocycles. The zero-order chi connectivity index (χ0) is 18.1. The van der Waals surface area contributed by atoms with Crippen LogP contribution >= 0.6 is 0 Å². The maximum Gasteiger partial charge on any atom is 0.228 e. The van der Waals surface area contributed by atoms with Crippen molar-refractivity contribution in [2.24, 2.45) is 17.8 Å². The minimum atomic E-state index is -0.392. The van der Waals surface area contributed by atoms with Gasteiger partial charge in [-0.2, -0.15) is 0 Å². The van der Waals surface area contributed by atoms with Gasteiger partial charge in [0.25, 0.3) is 0 Å². The Bertz CT molecular complexity index is 653. The van der Waals surface area contributed by atoms with Crippen LogP contribution in [-0.4, -0.2) is 41.8 Å². The van der Waals surface area contributed by atoms with E-state index < -0.39 is 6.04 Å². The average molecular weight is 346 g/mol. The monoisotopic (exact) mass is 346 g/mol. The predicted molar refractivity (Wildman–Crippen MR) is 94.2 cm³/mol. The summed E-state index contributed by atoms with van der Waals surface area (Å²) in [5.74, 6) is 0.453. The van der Waals surface area contributed by atoms with Crippen molar-refractivity contribution < 1.29 is 14.0 Å². The van der Waals surface area contributed by atoms with E-state index in [0.717, 1.165) is 19.5 Å². The molecule has 0 N–H and O–H groups in total. The number of rotatable bonds is 2. The standard InChI is InChI=1S/C20H27FN2O2/c1-13-9-14(2)12-23(11-13)20(25)17-7-8-18(24)22(3)19(17)15-5-4-6-16(21)10-15/h4-6,10,13-14,17,19H,7-9,11-12H2,1-3H3/t13-,14+,17-,19+/m1/s1. The Balaban J connectivity index is 1.89. The molecule has 2 aliphatic rings. The van der Waals surface area contributed by atoms with E-state index in [1.54, 1.807) is 18.0 Å². The number of amides is 2. The smallest absolute Gasteiger partial charge is 0.228 e. The number of piperidine rings is 2. The molecule has 0 aliphatic carbocycles. The second-order valence-electron chi connectivity index (χ2n) is 7.84. The van der Waals surface area contributed by atoms with Crippen molar-refractivity contribution in [3.63, 3.8) is 0 Å². The molecule has 0 aromatic heterocycles. The fourth-order valence-corrected chi connectivity index (χ4v) is 4.52. The SMILES string of the molecule is C[C@@H]1C[C@H](C)CN(C(=O)[C@@H]2CCC(=O)N(C)[C@H]2c2cccc(F)c2)C1. The quantitative estimate of drug-likeness (QED) is 0.825. The largest absolute Gasteiger partial charge is 0.342 e. The minimum absolute atomic E-state index is 0.0127. The van der Waals surface area contributed by atoms with Gasteiger partial charge in [0.1, 0.15) is 5.82 Å². The molecule has 5 heteroatoms. The summed E-state index contributed by atoms with van der Waals surface area (Å²) in [5, 5.41) is 0. The Hall–Kier alpha value is -1.91. The number of likely N-dealkylation sites (tertiary alicyclic amines) is 2. The summed E-state index contributed by atoms with van der Waals surface area (Å²) < 4.78 is 13.7. The van der Waals surface area contributed by atoms with Crippen LogP contribution in [-0.2, 0) is 9.59 Å².